The molecule has 0 bridgehead atoms. The summed E-state index contributed by atoms with van der Waals surface area (Å²) in [6.07, 6.45) is 4.12. The number of benzene rings is 2. The molecule has 146 valence electrons. The van der Waals surface area contributed by atoms with Crippen molar-refractivity contribution in [1.29, 1.82) is 0 Å². The molecule has 2 rings (SSSR count). The van der Waals surface area contributed by atoms with E-state index >= 15 is 0 Å². The van der Waals surface area contributed by atoms with E-state index in [-0.39, 0.29) is 18.0 Å². The maximum atomic E-state index is 13.9. The Hall–Kier alpha value is -2.41. The van der Waals surface area contributed by atoms with Crippen LogP contribution in [-0.2, 0) is 16.6 Å². The minimum absolute atomic E-state index is 0.117. The van der Waals surface area contributed by atoms with Gasteiger partial charge in [0.05, 0.1) is 18.5 Å². The maximum absolute atomic E-state index is 13.9. The van der Waals surface area contributed by atoms with Gasteiger partial charge in [-0.05, 0) is 36.8 Å². The quantitative estimate of drug-likeness (QED) is 0.662. The molecule has 2 aromatic rings. The van der Waals surface area contributed by atoms with Crippen molar-refractivity contribution in [3.8, 4) is 0 Å². The zero-order valence-electron chi connectivity index (χ0n) is 15.6. The summed E-state index contributed by atoms with van der Waals surface area (Å²) in [6.45, 7) is 2.58. The van der Waals surface area contributed by atoms with Gasteiger partial charge in [-0.25, -0.2) is 12.8 Å². The predicted octanol–water partition coefficient (Wildman–Crippen LogP) is 3.71. The number of hydrogen-bond donors (Lipinski definition) is 1. The van der Waals surface area contributed by atoms with Crippen molar-refractivity contribution in [3.63, 3.8) is 0 Å². The van der Waals surface area contributed by atoms with Crippen molar-refractivity contribution in [1.82, 2.24) is 5.32 Å². The van der Waals surface area contributed by atoms with Gasteiger partial charge in [0.2, 0.25) is 10.0 Å². The highest BCUT2D eigenvalue weighted by molar-refractivity contribution is 7.92. The highest BCUT2D eigenvalue weighted by Gasteiger charge is 2.19. The molecule has 0 atom stereocenters. The van der Waals surface area contributed by atoms with Crippen LogP contribution in [0.15, 0.2) is 48.5 Å². The fourth-order valence-electron chi connectivity index (χ4n) is 2.64. The van der Waals surface area contributed by atoms with E-state index in [9.17, 15) is 17.6 Å². The third kappa shape index (κ3) is 6.06. The second kappa shape index (κ2) is 9.50. The molecule has 5 nitrogen and oxygen atoms in total. The minimum Gasteiger partial charge on any atom is -0.352 e. The number of rotatable bonds is 9. The minimum atomic E-state index is -3.62. The predicted molar refractivity (Wildman–Crippen MR) is 106 cm³/mol. The van der Waals surface area contributed by atoms with Crippen molar-refractivity contribution in [3.05, 3.63) is 65.5 Å². The van der Waals surface area contributed by atoms with E-state index in [0.717, 1.165) is 29.8 Å². The first-order chi connectivity index (χ1) is 12.8. The molecule has 0 aliphatic heterocycles. The molecule has 0 radical (unpaired) electrons. The number of halogens is 1. The first-order valence-corrected chi connectivity index (χ1v) is 10.8. The summed E-state index contributed by atoms with van der Waals surface area (Å²) in [5, 5.41) is 2.84. The van der Waals surface area contributed by atoms with Crippen LogP contribution in [-0.4, -0.2) is 27.1 Å². The summed E-state index contributed by atoms with van der Waals surface area (Å²) >= 11 is 0. The summed E-state index contributed by atoms with van der Waals surface area (Å²) in [4.78, 5) is 12.1. The van der Waals surface area contributed by atoms with Gasteiger partial charge in [-0.2, -0.15) is 0 Å². The topological polar surface area (TPSA) is 66.5 Å². The second-order valence-corrected chi connectivity index (χ2v) is 8.28. The molecule has 1 amide bonds. The number of anilines is 1. The lowest BCUT2D eigenvalue weighted by Crippen LogP contribution is -2.30. The Bertz CT molecular complexity index is 867. The van der Waals surface area contributed by atoms with Crippen LogP contribution in [0.5, 0.6) is 0 Å². The van der Waals surface area contributed by atoms with Gasteiger partial charge in [-0.3, -0.25) is 9.10 Å². The fourth-order valence-corrected chi connectivity index (χ4v) is 3.52. The Morgan fingerprint density at radius 1 is 1.07 bits per heavy atom. The summed E-state index contributed by atoms with van der Waals surface area (Å²) in [5.74, 6) is -0.660. The summed E-state index contributed by atoms with van der Waals surface area (Å²) in [5.41, 5.74) is 1.11. The van der Waals surface area contributed by atoms with Crippen LogP contribution < -0.4 is 9.62 Å². The smallest absolute Gasteiger partial charge is 0.251 e. The number of hydrogen-bond acceptors (Lipinski definition) is 3. The van der Waals surface area contributed by atoms with Gasteiger partial charge in [0.25, 0.3) is 5.91 Å². The highest BCUT2D eigenvalue weighted by atomic mass is 32.2. The molecule has 0 spiro atoms. The molecule has 0 saturated heterocycles. The van der Waals surface area contributed by atoms with Crippen LogP contribution in [0, 0.1) is 5.82 Å². The second-order valence-electron chi connectivity index (χ2n) is 6.37. The van der Waals surface area contributed by atoms with Crippen molar-refractivity contribution in [2.24, 2.45) is 0 Å². The van der Waals surface area contributed by atoms with Gasteiger partial charge < -0.3 is 5.32 Å². The van der Waals surface area contributed by atoms with Crippen molar-refractivity contribution < 1.29 is 17.6 Å². The average Bonchev–Trinajstić information content (AvgIpc) is 2.63. The van der Waals surface area contributed by atoms with Crippen LogP contribution >= 0.6 is 0 Å². The molecule has 27 heavy (non-hydrogen) atoms. The lowest BCUT2D eigenvalue weighted by Gasteiger charge is -2.23. The van der Waals surface area contributed by atoms with E-state index in [2.05, 4.69) is 12.2 Å². The summed E-state index contributed by atoms with van der Waals surface area (Å²) < 4.78 is 39.4. The number of amides is 1. The number of nitrogens with one attached hydrogen (secondary N) is 1. The number of carbonyl (C=O) groups excluding carboxylic acids is 1. The zero-order valence-corrected chi connectivity index (χ0v) is 16.4. The van der Waals surface area contributed by atoms with E-state index in [1.807, 2.05) is 0 Å². The Kier molecular flexibility index (Phi) is 7.36. The monoisotopic (exact) mass is 392 g/mol. The molecule has 0 heterocycles. The number of nitrogens with zero attached hydrogens (tertiary/aromatic N) is 1. The number of unbranched alkanes of at least 4 members (excludes halogenated alkanes) is 2. The van der Waals surface area contributed by atoms with Gasteiger partial charge in [0.15, 0.2) is 0 Å². The van der Waals surface area contributed by atoms with Gasteiger partial charge in [-0.15, -0.1) is 0 Å². The Morgan fingerprint density at radius 2 is 1.74 bits per heavy atom. The molecular weight excluding hydrogens is 367 g/mol. The normalized spacial score (nSPS) is 11.2. The molecule has 0 aliphatic rings. The molecule has 1 N–H and O–H groups in total. The van der Waals surface area contributed by atoms with Gasteiger partial charge in [0, 0.05) is 17.7 Å². The van der Waals surface area contributed by atoms with E-state index in [1.54, 1.807) is 42.5 Å². The van der Waals surface area contributed by atoms with Crippen molar-refractivity contribution in [2.45, 2.75) is 32.7 Å². The maximum Gasteiger partial charge on any atom is 0.251 e. The van der Waals surface area contributed by atoms with Crippen LogP contribution in [0.3, 0.4) is 0 Å². The van der Waals surface area contributed by atoms with Gasteiger partial charge in [-0.1, -0.05) is 38.0 Å². The third-order valence-electron chi connectivity index (χ3n) is 4.16. The van der Waals surface area contributed by atoms with Crippen LogP contribution in [0.2, 0.25) is 0 Å². The average molecular weight is 392 g/mol. The first-order valence-electron chi connectivity index (χ1n) is 8.92. The SMILES string of the molecule is CCCCCNC(=O)c1ccc(N(Cc2ccccc2F)S(C)(=O)=O)cc1. The standard InChI is InChI=1S/C20H25FN2O3S/c1-3-4-7-14-22-20(24)16-10-12-18(13-11-16)23(27(2,25)26)15-17-8-5-6-9-19(17)21/h5-6,8-13H,3-4,7,14-15H2,1-2H3,(H,22,24). The highest BCUT2D eigenvalue weighted by Crippen LogP contribution is 2.22. The van der Waals surface area contributed by atoms with Crippen molar-refractivity contribution in [2.75, 3.05) is 17.1 Å². The van der Waals surface area contributed by atoms with E-state index in [4.69, 9.17) is 0 Å². The molecule has 0 aliphatic carbocycles. The fraction of sp³-hybridized carbons (Fsp3) is 0.350. The molecule has 7 heteroatoms. The lowest BCUT2D eigenvalue weighted by atomic mass is 10.1. The molecule has 0 aromatic heterocycles. The van der Waals surface area contributed by atoms with Gasteiger partial charge >= 0.3 is 0 Å². The van der Waals surface area contributed by atoms with Crippen LogP contribution in [0.25, 0.3) is 0 Å². The lowest BCUT2D eigenvalue weighted by molar-refractivity contribution is 0.0953. The molecule has 0 saturated carbocycles. The Balaban J connectivity index is 2.15. The Morgan fingerprint density at radius 3 is 2.33 bits per heavy atom. The summed E-state index contributed by atoms with van der Waals surface area (Å²) in [6, 6.07) is 12.3. The Labute approximate surface area is 160 Å². The molecular formula is C20H25FN2O3S. The third-order valence-corrected chi connectivity index (χ3v) is 5.30. The van der Waals surface area contributed by atoms with Crippen LogP contribution in [0.4, 0.5) is 10.1 Å². The number of sulfonamides is 1. The molecule has 2 aromatic carbocycles. The van der Waals surface area contributed by atoms with Crippen LogP contribution in [0.1, 0.15) is 42.1 Å². The van der Waals surface area contributed by atoms with E-state index < -0.39 is 15.8 Å². The molecule has 0 fully saturated rings. The molecule has 0 unspecified atom stereocenters. The summed E-state index contributed by atoms with van der Waals surface area (Å²) in [7, 11) is -3.62. The first kappa shape index (κ1) is 20.9. The number of carbonyl (C=O) groups is 1. The zero-order chi connectivity index (χ0) is 19.9. The van der Waals surface area contributed by atoms with E-state index in [1.165, 1.54) is 6.07 Å². The van der Waals surface area contributed by atoms with Gasteiger partial charge in [0.1, 0.15) is 5.82 Å². The van der Waals surface area contributed by atoms with Crippen molar-refractivity contribution >= 4 is 21.6 Å². The largest absolute Gasteiger partial charge is 0.352 e. The van der Waals surface area contributed by atoms with E-state index in [0.29, 0.717) is 17.8 Å².